The Labute approximate surface area is 894 Å². The largest absolute Gasteiger partial charge is 0.457 e. The highest BCUT2D eigenvalue weighted by molar-refractivity contribution is 7.11. The first kappa shape index (κ1) is 111. The minimum atomic E-state index is -1.01. The predicted octanol–water partition coefficient (Wildman–Crippen LogP) is 24.2. The highest BCUT2D eigenvalue weighted by atomic mass is 32.1. The van der Waals surface area contributed by atoms with Crippen LogP contribution in [0.3, 0.4) is 0 Å². The van der Waals surface area contributed by atoms with E-state index < -0.39 is 65.6 Å². The monoisotopic (exact) mass is 2080 g/mol. The zero-order valence-electron chi connectivity index (χ0n) is 83.6. The van der Waals surface area contributed by atoms with Crippen molar-refractivity contribution in [3.8, 4) is 96.7 Å². The molecule has 764 valence electrons. The maximum Gasteiger partial charge on any atom is 0.303 e. The summed E-state index contributed by atoms with van der Waals surface area (Å²) >= 11 is 7.09. The third kappa shape index (κ3) is 31.0. The van der Waals surface area contributed by atoms with Crippen molar-refractivity contribution in [2.24, 2.45) is 0 Å². The lowest BCUT2D eigenvalue weighted by Crippen LogP contribution is -2.47. The molecule has 0 saturated heterocycles. The standard InChI is InChI=1S/C27H26N2O3S.C27H26N2O2S.C24H28N2O2S.C23H22N2O2S.C21H21FN2O2S/c1-2-25(30)29(21-15-17-23(18-16-21)32-22-12-7-4-8-13-22)26(24-14-9-19-33-24)27(31)28-20-10-5-3-6-11-20;1-2-25(30)29(23-16-9-13-21(19-23)20-11-5-3-6-12-20)26(24-17-10-18-32-24)27(31)28-22-14-7-4-8-15-22;1-4-22(27)26(20-14-12-18(13-15-20)17(2)3)23(21-11-8-16-29-21)24(28)25-19-9-6-5-7-10-19;1-3-17-10-8-13-19(16-17)25(21(26)4-2)22(20-14-9-15-28-20)23(27)24-18-11-6-5-7-12-18;1-2-19(25)24(17-12-7-6-11-16(17)22)20(18-13-8-14-27-18)21(26)23-15-9-4-3-5-10-15/h1,4,7-9,12-20,26H,3,5-6,10-11H2,(H,28,31);1,3,5-6,9-13,16-19,22,26H,4,7-8,14-15H2,(H,28,31);1,8,11-17,19,23H,5-7,9-10H2,2-3H3,(H,25,28);1-2,8-10,13-16,18,22H,5-7,11-12H2,(H,24,27);1,6-8,11-15,20H,3-5,9-10H2,(H,23,26). The summed E-state index contributed by atoms with van der Waals surface area (Å²) in [6, 6.07) is 69.4. The molecule has 0 aliphatic heterocycles. The van der Waals surface area contributed by atoms with E-state index in [2.05, 4.69) is 70.0 Å². The Hall–Kier alpha value is -15.2. The molecule has 5 heterocycles. The number of nitrogens with one attached hydrogen (secondary N) is 5. The van der Waals surface area contributed by atoms with Gasteiger partial charge in [0, 0.05) is 82.9 Å². The van der Waals surface area contributed by atoms with Gasteiger partial charge in [-0.15, -0.1) is 95.2 Å². The summed E-state index contributed by atoms with van der Waals surface area (Å²) < 4.78 is 20.3. The van der Waals surface area contributed by atoms with Crippen LogP contribution < -0.4 is 55.8 Å². The molecular weight excluding hydrogens is 1960 g/mol. The van der Waals surface area contributed by atoms with E-state index in [1.165, 1.54) is 126 Å². The third-order valence-corrected chi connectivity index (χ3v) is 31.3. The van der Waals surface area contributed by atoms with Gasteiger partial charge in [-0.1, -0.05) is 237 Å². The predicted molar refractivity (Wildman–Crippen MR) is 598 cm³/mol. The lowest BCUT2D eigenvalue weighted by Gasteiger charge is -2.31. The molecule has 5 aliphatic rings. The number of thiophene rings is 5. The van der Waals surface area contributed by atoms with Gasteiger partial charge in [0.15, 0.2) is 30.2 Å². The molecule has 7 aromatic carbocycles. The molecule has 0 spiro atoms. The number of para-hydroxylation sites is 2. The summed E-state index contributed by atoms with van der Waals surface area (Å²) in [6.45, 7) is 4.23. The molecule has 27 heteroatoms. The van der Waals surface area contributed by atoms with Crippen LogP contribution in [0.15, 0.2) is 270 Å². The van der Waals surface area contributed by atoms with Crippen LogP contribution in [0.25, 0.3) is 11.1 Å². The van der Waals surface area contributed by atoms with Gasteiger partial charge in [0.25, 0.3) is 0 Å². The number of carbonyl (C=O) groups is 10. The lowest BCUT2D eigenvalue weighted by atomic mass is 9.95. The quantitative estimate of drug-likeness (QED) is 0.0275. The van der Waals surface area contributed by atoms with Gasteiger partial charge < -0.3 is 31.3 Å². The van der Waals surface area contributed by atoms with Crippen molar-refractivity contribution < 1.29 is 57.1 Å². The highest BCUT2D eigenvalue weighted by Gasteiger charge is 2.42. The molecule has 12 aromatic rings. The van der Waals surface area contributed by atoms with E-state index in [9.17, 15) is 52.3 Å². The number of hydrogen-bond donors (Lipinski definition) is 5. The Bertz CT molecular complexity index is 6670. The molecule has 5 aromatic heterocycles. The number of carbonyl (C=O) groups excluding carboxylic acids is 10. The zero-order chi connectivity index (χ0) is 105. The summed E-state index contributed by atoms with van der Waals surface area (Å²) in [5.41, 5.74) is 6.05. The average Bonchev–Trinajstić information content (AvgIpc) is 1.65. The third-order valence-electron chi connectivity index (χ3n) is 26.6. The summed E-state index contributed by atoms with van der Waals surface area (Å²) in [6.07, 6.45) is 59.4. The summed E-state index contributed by atoms with van der Waals surface area (Å²) in [7, 11) is 0. The first-order valence-corrected chi connectivity index (χ1v) is 55.1. The maximum absolute atomic E-state index is 14.5. The van der Waals surface area contributed by atoms with Crippen LogP contribution in [0, 0.1) is 79.9 Å². The van der Waals surface area contributed by atoms with Gasteiger partial charge in [-0.25, -0.2) is 4.39 Å². The van der Waals surface area contributed by atoms with Crippen molar-refractivity contribution >= 4 is 144 Å². The van der Waals surface area contributed by atoms with Crippen molar-refractivity contribution in [1.82, 2.24) is 26.6 Å². The van der Waals surface area contributed by atoms with Crippen molar-refractivity contribution in [2.45, 2.75) is 241 Å². The number of amides is 10. The fraction of sp³-hybridized carbons (Fsp3) is 0.311. The van der Waals surface area contributed by atoms with E-state index in [0.717, 1.165) is 170 Å². The van der Waals surface area contributed by atoms with Crippen molar-refractivity contribution in [3.05, 3.63) is 311 Å². The maximum atomic E-state index is 14.5. The Morgan fingerprint density at radius 3 is 0.893 bits per heavy atom. The number of nitrogens with zero attached hydrogens (tertiary/aromatic N) is 5. The van der Waals surface area contributed by atoms with Gasteiger partial charge in [-0.2, -0.15) is 0 Å². The summed E-state index contributed by atoms with van der Waals surface area (Å²) in [5.74, 6) is 10.4. The Kier molecular flexibility index (Phi) is 42.7. The first-order chi connectivity index (χ1) is 72.6. The van der Waals surface area contributed by atoms with E-state index >= 15 is 0 Å². The van der Waals surface area contributed by atoms with Crippen LogP contribution in [-0.4, -0.2) is 89.3 Å². The lowest BCUT2D eigenvalue weighted by molar-refractivity contribution is -0.126. The van der Waals surface area contributed by atoms with E-state index in [4.69, 9.17) is 43.3 Å². The van der Waals surface area contributed by atoms with Crippen LogP contribution >= 0.6 is 56.7 Å². The van der Waals surface area contributed by atoms with E-state index in [1.807, 2.05) is 191 Å². The molecule has 5 N–H and O–H groups in total. The average molecular weight is 2080 g/mol. The van der Waals surface area contributed by atoms with Crippen LogP contribution in [0.2, 0.25) is 0 Å². The number of rotatable bonds is 29. The molecule has 5 aliphatic carbocycles. The minimum absolute atomic E-state index is 0.00218. The molecule has 21 nitrogen and oxygen atoms in total. The minimum Gasteiger partial charge on any atom is -0.457 e. The number of terminal acetylenes is 6. The number of ether oxygens (including phenoxy) is 1. The number of benzene rings is 7. The fourth-order valence-corrected chi connectivity index (χ4v) is 23.2. The topological polar surface area (TPSA) is 256 Å². The molecule has 5 saturated carbocycles. The number of anilines is 5. The van der Waals surface area contributed by atoms with Crippen LogP contribution in [0.5, 0.6) is 11.5 Å². The number of hydrogen-bond acceptors (Lipinski definition) is 16. The second-order valence-electron chi connectivity index (χ2n) is 37.1. The van der Waals surface area contributed by atoms with Crippen LogP contribution in [0.4, 0.5) is 32.8 Å². The normalized spacial score (nSPS) is 15.1. The zero-order valence-corrected chi connectivity index (χ0v) is 87.7. The Morgan fingerprint density at radius 2 is 0.577 bits per heavy atom. The summed E-state index contributed by atoms with van der Waals surface area (Å²) in [4.78, 5) is 141. The van der Waals surface area contributed by atoms with Gasteiger partial charge in [0.1, 0.15) is 17.3 Å². The molecular formula is C122H123FN10O11S5. The smallest absolute Gasteiger partial charge is 0.303 e. The first-order valence-electron chi connectivity index (χ1n) is 50.7. The molecule has 0 radical (unpaired) electrons. The van der Waals surface area contributed by atoms with Crippen LogP contribution in [0.1, 0.15) is 246 Å². The summed E-state index contributed by atoms with van der Waals surface area (Å²) in [5, 5.41) is 25.1. The molecule has 17 rings (SSSR count). The van der Waals surface area contributed by atoms with Gasteiger partial charge in [0.2, 0.25) is 29.5 Å². The van der Waals surface area contributed by atoms with E-state index in [-0.39, 0.29) is 65.4 Å². The van der Waals surface area contributed by atoms with Crippen molar-refractivity contribution in [1.29, 1.82) is 0 Å². The Balaban J connectivity index is 0.000000156. The second kappa shape index (κ2) is 57.2. The second-order valence-corrected chi connectivity index (χ2v) is 42.0. The van der Waals surface area contributed by atoms with Crippen molar-refractivity contribution in [2.75, 3.05) is 24.5 Å². The molecule has 149 heavy (non-hydrogen) atoms. The molecule has 5 atom stereocenters. The molecule has 10 amide bonds. The van der Waals surface area contributed by atoms with Gasteiger partial charge in [-0.05, 0) is 265 Å². The SMILES string of the molecule is C#CC(=O)N(c1ccc(C(C)C)cc1)C(C(=O)NC1CCCCC1)c1cccs1.C#CC(=O)N(c1ccc(Oc2ccccc2)cc1)C(C(=O)NC1CCCCC1)c1cccs1.C#CC(=O)N(c1cccc(-c2ccccc2)c1)C(C(=O)NC1CCCCC1)c1cccs1.C#CC(=O)N(c1cccc(C#C)c1)C(C(=O)NC1CCCCC1)c1cccs1.C#CC(=O)N(c1ccccc1F)C(C(=O)NC1CCCCC1)c1cccs1. The van der Waals surface area contributed by atoms with E-state index in [0.29, 0.717) is 50.6 Å². The fourth-order valence-electron chi connectivity index (χ4n) is 19.2. The van der Waals surface area contributed by atoms with Gasteiger partial charge in [-0.3, -0.25) is 72.4 Å². The highest BCUT2D eigenvalue weighted by Crippen LogP contribution is 2.41. The Morgan fingerprint density at radius 1 is 0.295 bits per heavy atom. The van der Waals surface area contributed by atoms with Crippen molar-refractivity contribution in [3.63, 3.8) is 0 Å². The molecule has 5 fully saturated rings. The van der Waals surface area contributed by atoms with Gasteiger partial charge in [0.05, 0.1) is 5.69 Å². The van der Waals surface area contributed by atoms with E-state index in [1.54, 1.807) is 66.7 Å². The molecule has 0 bridgehead atoms. The molecule has 5 unspecified atom stereocenters. The van der Waals surface area contributed by atoms with Gasteiger partial charge >= 0.3 is 29.5 Å². The number of halogens is 1. The van der Waals surface area contributed by atoms with Crippen LogP contribution in [-0.2, 0) is 47.9 Å².